The maximum atomic E-state index is 12.3. The zero-order valence-corrected chi connectivity index (χ0v) is 13.6. The molecule has 1 saturated carbocycles. The second kappa shape index (κ2) is 6.04. The van der Waals surface area contributed by atoms with E-state index in [2.05, 4.69) is 4.72 Å². The summed E-state index contributed by atoms with van der Waals surface area (Å²) in [6.07, 6.45) is 0.816. The molecule has 0 bridgehead atoms. The monoisotopic (exact) mass is 312 g/mol. The summed E-state index contributed by atoms with van der Waals surface area (Å²) in [6, 6.07) is 7.29. The van der Waals surface area contributed by atoms with Gasteiger partial charge in [-0.15, -0.1) is 0 Å². The Kier molecular flexibility index (Phi) is 4.72. The molecule has 0 aliphatic heterocycles. The number of hydrogen-bond acceptors (Lipinski definition) is 4. The zero-order valence-electron chi connectivity index (χ0n) is 12.8. The number of hydrogen-bond donors (Lipinski definition) is 2. The van der Waals surface area contributed by atoms with Gasteiger partial charge < -0.3 is 10.5 Å². The van der Waals surface area contributed by atoms with Gasteiger partial charge in [-0.3, -0.25) is 0 Å². The van der Waals surface area contributed by atoms with Gasteiger partial charge in [0.2, 0.25) is 10.0 Å². The van der Waals surface area contributed by atoms with Gasteiger partial charge in [-0.25, -0.2) is 13.1 Å². The lowest BCUT2D eigenvalue weighted by Gasteiger charge is -2.51. The molecule has 0 radical (unpaired) electrons. The predicted molar refractivity (Wildman–Crippen MR) is 83.1 cm³/mol. The summed E-state index contributed by atoms with van der Waals surface area (Å²) < 4.78 is 32.7. The van der Waals surface area contributed by atoms with Crippen LogP contribution in [-0.4, -0.2) is 27.7 Å². The average Bonchev–Trinajstić information content (AvgIpc) is 2.42. The molecule has 0 amide bonds. The van der Waals surface area contributed by atoms with Gasteiger partial charge in [-0.1, -0.05) is 38.1 Å². The molecule has 21 heavy (non-hydrogen) atoms. The van der Waals surface area contributed by atoms with E-state index in [1.807, 2.05) is 38.1 Å². The first kappa shape index (κ1) is 16.4. The molecule has 5 nitrogen and oxygen atoms in total. The second-order valence-corrected chi connectivity index (χ2v) is 7.99. The number of rotatable bonds is 6. The Morgan fingerprint density at radius 3 is 2.62 bits per heavy atom. The predicted octanol–water partition coefficient (Wildman–Crippen LogP) is 1.38. The SMILES string of the molecule is COC1CC(NS(=O)(=O)Cc2cccc(CN)c2)C1(C)C. The van der Waals surface area contributed by atoms with Gasteiger partial charge in [0.15, 0.2) is 0 Å². The molecule has 2 rings (SSSR count). The van der Waals surface area contributed by atoms with Crippen molar-refractivity contribution in [1.29, 1.82) is 0 Å². The molecule has 1 aliphatic rings. The maximum absolute atomic E-state index is 12.3. The third kappa shape index (κ3) is 3.63. The van der Waals surface area contributed by atoms with E-state index in [1.54, 1.807) is 7.11 Å². The van der Waals surface area contributed by atoms with Gasteiger partial charge >= 0.3 is 0 Å². The fourth-order valence-electron chi connectivity index (χ4n) is 2.81. The molecule has 2 unspecified atom stereocenters. The molecule has 1 aromatic carbocycles. The fraction of sp³-hybridized carbons (Fsp3) is 0.600. The Hall–Kier alpha value is -0.950. The van der Waals surface area contributed by atoms with Gasteiger partial charge in [0.25, 0.3) is 0 Å². The second-order valence-electron chi connectivity index (χ2n) is 6.24. The van der Waals surface area contributed by atoms with Crippen LogP contribution in [0.5, 0.6) is 0 Å². The quantitative estimate of drug-likeness (QED) is 0.831. The zero-order chi connectivity index (χ0) is 15.7. The van der Waals surface area contributed by atoms with Crippen LogP contribution in [0.1, 0.15) is 31.4 Å². The van der Waals surface area contributed by atoms with Crippen LogP contribution in [0.2, 0.25) is 0 Å². The summed E-state index contributed by atoms with van der Waals surface area (Å²) in [5.41, 5.74) is 7.09. The van der Waals surface area contributed by atoms with Crippen molar-refractivity contribution in [2.75, 3.05) is 7.11 Å². The van der Waals surface area contributed by atoms with Crippen molar-refractivity contribution in [1.82, 2.24) is 4.72 Å². The van der Waals surface area contributed by atoms with E-state index in [-0.39, 0.29) is 23.3 Å². The van der Waals surface area contributed by atoms with Crippen LogP contribution in [-0.2, 0) is 27.1 Å². The standard InChI is InChI=1S/C15H24N2O3S/c1-15(2)13(8-14(15)20-3)17-21(18,19)10-12-6-4-5-11(7-12)9-16/h4-7,13-14,17H,8-10,16H2,1-3H3. The minimum Gasteiger partial charge on any atom is -0.381 e. The van der Waals surface area contributed by atoms with E-state index in [9.17, 15) is 8.42 Å². The molecule has 118 valence electrons. The summed E-state index contributed by atoms with van der Waals surface area (Å²) in [5, 5.41) is 0. The van der Waals surface area contributed by atoms with Gasteiger partial charge in [-0.05, 0) is 17.5 Å². The largest absolute Gasteiger partial charge is 0.381 e. The van der Waals surface area contributed by atoms with Crippen molar-refractivity contribution in [2.24, 2.45) is 11.1 Å². The molecule has 1 fully saturated rings. The molecular weight excluding hydrogens is 288 g/mol. The lowest BCUT2D eigenvalue weighted by Crippen LogP contribution is -2.61. The first-order valence-electron chi connectivity index (χ1n) is 7.09. The highest BCUT2D eigenvalue weighted by Crippen LogP contribution is 2.42. The van der Waals surface area contributed by atoms with Crippen molar-refractivity contribution < 1.29 is 13.2 Å². The van der Waals surface area contributed by atoms with Crippen LogP contribution in [0.25, 0.3) is 0 Å². The number of ether oxygens (including phenoxy) is 1. The maximum Gasteiger partial charge on any atom is 0.216 e. The molecule has 1 aliphatic carbocycles. The molecule has 2 atom stereocenters. The molecule has 3 N–H and O–H groups in total. The Balaban J connectivity index is 2.03. The molecule has 1 aromatic rings. The van der Waals surface area contributed by atoms with Crippen LogP contribution in [0.4, 0.5) is 0 Å². The number of methoxy groups -OCH3 is 1. The summed E-state index contributed by atoms with van der Waals surface area (Å²) >= 11 is 0. The van der Waals surface area contributed by atoms with E-state index >= 15 is 0 Å². The van der Waals surface area contributed by atoms with Gasteiger partial charge in [0, 0.05) is 25.1 Å². The van der Waals surface area contributed by atoms with Crippen molar-refractivity contribution in [3.8, 4) is 0 Å². The first-order chi connectivity index (χ1) is 9.78. The third-order valence-corrected chi connectivity index (χ3v) is 5.72. The van der Waals surface area contributed by atoms with Crippen LogP contribution >= 0.6 is 0 Å². The Bertz CT molecular complexity index is 599. The molecule has 0 spiro atoms. The molecule has 6 heteroatoms. The van der Waals surface area contributed by atoms with Crippen molar-refractivity contribution in [2.45, 2.75) is 44.7 Å². The van der Waals surface area contributed by atoms with Gasteiger partial charge in [0.05, 0.1) is 11.9 Å². The van der Waals surface area contributed by atoms with Crippen LogP contribution < -0.4 is 10.5 Å². The van der Waals surface area contributed by atoms with Crippen molar-refractivity contribution in [3.63, 3.8) is 0 Å². The number of sulfonamides is 1. The van der Waals surface area contributed by atoms with Crippen LogP contribution in [0.3, 0.4) is 0 Å². The highest BCUT2D eigenvalue weighted by Gasteiger charge is 2.49. The van der Waals surface area contributed by atoms with E-state index in [1.165, 1.54) is 0 Å². The molecule has 0 saturated heterocycles. The van der Waals surface area contributed by atoms with Crippen LogP contribution in [0, 0.1) is 5.41 Å². The minimum absolute atomic E-state index is 0.0227. The number of benzene rings is 1. The summed E-state index contributed by atoms with van der Waals surface area (Å²) in [4.78, 5) is 0. The van der Waals surface area contributed by atoms with E-state index in [0.717, 1.165) is 11.1 Å². The van der Waals surface area contributed by atoms with Crippen molar-refractivity contribution >= 4 is 10.0 Å². The van der Waals surface area contributed by atoms with Gasteiger partial charge in [0.1, 0.15) is 0 Å². The van der Waals surface area contributed by atoms with E-state index in [0.29, 0.717) is 13.0 Å². The summed E-state index contributed by atoms with van der Waals surface area (Å²) in [7, 11) is -1.71. The number of nitrogens with one attached hydrogen (secondary N) is 1. The smallest absolute Gasteiger partial charge is 0.216 e. The Morgan fingerprint density at radius 2 is 2.05 bits per heavy atom. The summed E-state index contributed by atoms with van der Waals surface area (Å²) in [6.45, 7) is 4.45. The first-order valence-corrected chi connectivity index (χ1v) is 8.74. The van der Waals surface area contributed by atoms with Gasteiger partial charge in [-0.2, -0.15) is 0 Å². The lowest BCUT2D eigenvalue weighted by atomic mass is 9.65. The van der Waals surface area contributed by atoms with Crippen molar-refractivity contribution in [3.05, 3.63) is 35.4 Å². The molecular formula is C15H24N2O3S. The Labute approximate surface area is 126 Å². The normalized spacial score (nSPS) is 24.6. The number of nitrogens with two attached hydrogens (primary N) is 1. The average molecular weight is 312 g/mol. The van der Waals surface area contributed by atoms with E-state index in [4.69, 9.17) is 10.5 Å². The molecule has 0 aromatic heterocycles. The fourth-order valence-corrected chi connectivity index (χ4v) is 4.34. The highest BCUT2D eigenvalue weighted by atomic mass is 32.2. The molecule has 0 heterocycles. The third-order valence-electron chi connectivity index (χ3n) is 4.37. The lowest BCUT2D eigenvalue weighted by molar-refractivity contribution is -0.0908. The highest BCUT2D eigenvalue weighted by molar-refractivity contribution is 7.88. The minimum atomic E-state index is -3.37. The summed E-state index contributed by atoms with van der Waals surface area (Å²) in [5.74, 6) is -0.0227. The van der Waals surface area contributed by atoms with E-state index < -0.39 is 10.0 Å². The topological polar surface area (TPSA) is 81.4 Å². The van der Waals surface area contributed by atoms with Crippen LogP contribution in [0.15, 0.2) is 24.3 Å². The Morgan fingerprint density at radius 1 is 1.38 bits per heavy atom.